The molecule has 0 aliphatic heterocycles. The Hall–Kier alpha value is -1.35. The van der Waals surface area contributed by atoms with Crippen molar-refractivity contribution in [1.82, 2.24) is 9.97 Å². The number of H-pyrrole nitrogens is 1. The Morgan fingerprint density at radius 2 is 2.23 bits per heavy atom. The molecule has 2 aromatic rings. The highest BCUT2D eigenvalue weighted by Crippen LogP contribution is 2.22. The van der Waals surface area contributed by atoms with Crippen LogP contribution in [0.5, 0.6) is 0 Å². The van der Waals surface area contributed by atoms with E-state index in [1.54, 1.807) is 25.1 Å². The third-order valence-corrected chi connectivity index (χ3v) is 2.20. The number of benzene rings is 1. The minimum atomic E-state index is -0.340. The number of rotatable bonds is 0. The van der Waals surface area contributed by atoms with E-state index < -0.39 is 0 Å². The summed E-state index contributed by atoms with van der Waals surface area (Å²) in [4.78, 5) is 17.4. The number of fused-ring (bicyclic) bond motifs is 1. The Kier molecular flexibility index (Phi) is 1.81. The molecule has 0 aliphatic carbocycles. The minimum absolute atomic E-state index is 0.340. The summed E-state index contributed by atoms with van der Waals surface area (Å²) in [5.74, 6) is 0. The van der Waals surface area contributed by atoms with Gasteiger partial charge < -0.3 is 4.98 Å². The van der Waals surface area contributed by atoms with Gasteiger partial charge in [0.15, 0.2) is 0 Å². The molecular weight excluding hydrogens is 188 g/mol. The quantitative estimate of drug-likeness (QED) is 0.696. The smallest absolute Gasteiger partial charge is 0.309 e. The first kappa shape index (κ1) is 8.26. The lowest BCUT2D eigenvalue weighted by Gasteiger charge is -2.01. The largest absolute Gasteiger partial charge is 0.345 e. The van der Waals surface area contributed by atoms with Crippen molar-refractivity contribution >= 4 is 22.5 Å². The summed E-state index contributed by atoms with van der Waals surface area (Å²) in [6.45, 7) is 1.80. The molecule has 3 nitrogen and oxygen atoms in total. The highest BCUT2D eigenvalue weighted by Gasteiger charge is 2.03. The summed E-state index contributed by atoms with van der Waals surface area (Å²) in [6, 6.07) is 5.32. The van der Waals surface area contributed by atoms with Crippen LogP contribution < -0.4 is 5.69 Å². The number of aromatic amines is 1. The Bertz CT molecular complexity index is 518. The fourth-order valence-corrected chi connectivity index (χ4v) is 1.65. The van der Waals surface area contributed by atoms with Gasteiger partial charge in [0.25, 0.3) is 0 Å². The molecule has 0 saturated heterocycles. The third-order valence-electron chi connectivity index (χ3n) is 1.88. The van der Waals surface area contributed by atoms with Crippen molar-refractivity contribution in [2.24, 2.45) is 0 Å². The molecule has 0 amide bonds. The molecule has 0 unspecified atom stereocenters. The van der Waals surface area contributed by atoms with Crippen LogP contribution in [0.2, 0.25) is 5.02 Å². The number of hydrogen-bond acceptors (Lipinski definition) is 2. The fourth-order valence-electron chi connectivity index (χ4n) is 1.34. The molecule has 0 radical (unpaired) electrons. The maximum atomic E-state index is 11.0. The van der Waals surface area contributed by atoms with Crippen LogP contribution in [0.1, 0.15) is 5.69 Å². The molecule has 1 aromatic heterocycles. The number of hydrogen-bond donors (Lipinski definition) is 1. The van der Waals surface area contributed by atoms with Crippen molar-refractivity contribution < 1.29 is 0 Å². The standard InChI is InChI=1S/C9H7ClN2O/c1-5-8-6(10)3-2-4-7(8)12-9(13)11-5/h2-4H,1H3,(H,11,12,13). The average molecular weight is 195 g/mol. The van der Waals surface area contributed by atoms with Gasteiger partial charge in [-0.3, -0.25) is 0 Å². The zero-order valence-corrected chi connectivity index (χ0v) is 7.72. The van der Waals surface area contributed by atoms with E-state index >= 15 is 0 Å². The molecule has 0 saturated carbocycles. The van der Waals surface area contributed by atoms with E-state index in [0.29, 0.717) is 10.5 Å². The first-order chi connectivity index (χ1) is 6.18. The predicted octanol–water partition coefficient (Wildman–Crippen LogP) is 1.88. The summed E-state index contributed by atoms with van der Waals surface area (Å²) in [6.07, 6.45) is 0. The van der Waals surface area contributed by atoms with Crippen LogP contribution in [0.25, 0.3) is 10.9 Å². The van der Waals surface area contributed by atoms with Gasteiger partial charge in [-0.05, 0) is 19.1 Å². The Balaban J connectivity index is 3.03. The van der Waals surface area contributed by atoms with Gasteiger partial charge in [0.1, 0.15) is 0 Å². The van der Waals surface area contributed by atoms with E-state index in [4.69, 9.17) is 11.6 Å². The normalized spacial score (nSPS) is 10.6. The van der Waals surface area contributed by atoms with Gasteiger partial charge in [0, 0.05) is 11.1 Å². The molecule has 66 valence electrons. The second-order valence-electron chi connectivity index (χ2n) is 2.80. The molecule has 2 rings (SSSR count). The van der Waals surface area contributed by atoms with Crippen LogP contribution in [0, 0.1) is 6.92 Å². The Morgan fingerprint density at radius 1 is 1.46 bits per heavy atom. The molecule has 1 N–H and O–H groups in total. The first-order valence-electron chi connectivity index (χ1n) is 3.83. The molecule has 0 bridgehead atoms. The number of nitrogens with one attached hydrogen (secondary N) is 1. The molecule has 4 heteroatoms. The van der Waals surface area contributed by atoms with Crippen molar-refractivity contribution in [1.29, 1.82) is 0 Å². The minimum Gasteiger partial charge on any atom is -0.309 e. The van der Waals surface area contributed by atoms with Gasteiger partial charge in [-0.1, -0.05) is 17.7 Å². The molecule has 1 heterocycles. The topological polar surface area (TPSA) is 45.8 Å². The summed E-state index contributed by atoms with van der Waals surface area (Å²) < 4.78 is 0. The number of aryl methyl sites for hydroxylation is 1. The molecular formula is C9H7ClN2O. The van der Waals surface area contributed by atoms with Crippen LogP contribution in [0.4, 0.5) is 0 Å². The summed E-state index contributed by atoms with van der Waals surface area (Å²) >= 11 is 5.95. The highest BCUT2D eigenvalue weighted by atomic mass is 35.5. The highest BCUT2D eigenvalue weighted by molar-refractivity contribution is 6.35. The van der Waals surface area contributed by atoms with Crippen LogP contribution >= 0.6 is 11.6 Å². The molecule has 1 aromatic carbocycles. The maximum absolute atomic E-state index is 11.0. The van der Waals surface area contributed by atoms with Crippen molar-refractivity contribution in [2.45, 2.75) is 6.92 Å². The summed E-state index contributed by atoms with van der Waals surface area (Å²) in [5, 5.41) is 1.42. The van der Waals surface area contributed by atoms with E-state index in [-0.39, 0.29) is 5.69 Å². The van der Waals surface area contributed by atoms with E-state index in [0.717, 1.165) is 11.1 Å². The summed E-state index contributed by atoms with van der Waals surface area (Å²) in [5.41, 5.74) is 1.04. The van der Waals surface area contributed by atoms with Crippen molar-refractivity contribution in [2.75, 3.05) is 0 Å². The lowest BCUT2D eigenvalue weighted by atomic mass is 10.2. The lowest BCUT2D eigenvalue weighted by molar-refractivity contribution is 1.07. The predicted molar refractivity (Wildman–Crippen MR) is 52.1 cm³/mol. The van der Waals surface area contributed by atoms with Gasteiger partial charge in [0.05, 0.1) is 10.5 Å². The van der Waals surface area contributed by atoms with E-state index in [1.165, 1.54) is 0 Å². The SMILES string of the molecule is Cc1[nH]c(=O)nc2cccc(Cl)c12. The maximum Gasteiger partial charge on any atom is 0.345 e. The van der Waals surface area contributed by atoms with E-state index in [9.17, 15) is 4.79 Å². The second-order valence-corrected chi connectivity index (χ2v) is 3.21. The molecule has 0 aliphatic rings. The summed E-state index contributed by atoms with van der Waals surface area (Å²) in [7, 11) is 0. The Labute approximate surface area is 79.4 Å². The zero-order chi connectivity index (χ0) is 9.42. The fraction of sp³-hybridized carbons (Fsp3) is 0.111. The van der Waals surface area contributed by atoms with Crippen molar-refractivity contribution in [3.8, 4) is 0 Å². The van der Waals surface area contributed by atoms with E-state index in [1.807, 2.05) is 0 Å². The first-order valence-corrected chi connectivity index (χ1v) is 4.21. The van der Waals surface area contributed by atoms with Gasteiger partial charge in [-0.25, -0.2) is 4.79 Å². The van der Waals surface area contributed by atoms with Crippen LogP contribution in [-0.2, 0) is 0 Å². The van der Waals surface area contributed by atoms with Gasteiger partial charge >= 0.3 is 5.69 Å². The molecule has 0 spiro atoms. The average Bonchev–Trinajstić information content (AvgIpc) is 2.02. The van der Waals surface area contributed by atoms with Gasteiger partial charge in [-0.15, -0.1) is 0 Å². The molecule has 13 heavy (non-hydrogen) atoms. The zero-order valence-electron chi connectivity index (χ0n) is 6.97. The van der Waals surface area contributed by atoms with Gasteiger partial charge in [0.2, 0.25) is 0 Å². The number of aromatic nitrogens is 2. The monoisotopic (exact) mass is 194 g/mol. The van der Waals surface area contributed by atoms with Crippen LogP contribution in [0.3, 0.4) is 0 Å². The third kappa shape index (κ3) is 1.31. The lowest BCUT2D eigenvalue weighted by Crippen LogP contribution is -2.11. The van der Waals surface area contributed by atoms with Crippen molar-refractivity contribution in [3.63, 3.8) is 0 Å². The Morgan fingerprint density at radius 3 is 3.00 bits per heavy atom. The second kappa shape index (κ2) is 2.85. The number of nitrogens with zero attached hydrogens (tertiary/aromatic N) is 1. The molecule has 0 atom stereocenters. The van der Waals surface area contributed by atoms with Crippen molar-refractivity contribution in [3.05, 3.63) is 39.4 Å². The van der Waals surface area contributed by atoms with Crippen LogP contribution in [0.15, 0.2) is 23.0 Å². The van der Waals surface area contributed by atoms with Crippen LogP contribution in [-0.4, -0.2) is 9.97 Å². The van der Waals surface area contributed by atoms with Gasteiger partial charge in [-0.2, -0.15) is 4.98 Å². The van der Waals surface area contributed by atoms with E-state index in [2.05, 4.69) is 9.97 Å². The number of halogens is 1. The molecule has 0 fully saturated rings.